The molecule has 0 bridgehead atoms. The molecule has 1 aromatic rings. The maximum atomic E-state index is 14.0. The van der Waals surface area contributed by atoms with Crippen LogP contribution in [-0.2, 0) is 6.42 Å². The number of fused-ring (bicyclic) bond motifs is 1. The monoisotopic (exact) mass is 281 g/mol. The van der Waals surface area contributed by atoms with Gasteiger partial charge in [-0.3, -0.25) is 0 Å². The molecule has 0 aliphatic heterocycles. The SMILES string of the molecule is CCNC(Cc1cccc(Cl)c1F)C1C2CCCC21. The van der Waals surface area contributed by atoms with Crippen molar-refractivity contribution in [2.24, 2.45) is 17.8 Å². The second-order valence-corrected chi connectivity index (χ2v) is 6.32. The van der Waals surface area contributed by atoms with Crippen LogP contribution in [0.2, 0.25) is 5.02 Å². The van der Waals surface area contributed by atoms with Crippen LogP contribution in [-0.4, -0.2) is 12.6 Å². The zero-order chi connectivity index (χ0) is 13.4. The molecule has 3 atom stereocenters. The lowest BCUT2D eigenvalue weighted by atomic mass is 9.97. The van der Waals surface area contributed by atoms with Crippen LogP contribution >= 0.6 is 11.6 Å². The average molecular weight is 282 g/mol. The summed E-state index contributed by atoms with van der Waals surface area (Å²) >= 11 is 5.87. The quantitative estimate of drug-likeness (QED) is 0.859. The lowest BCUT2D eigenvalue weighted by Gasteiger charge is -2.20. The van der Waals surface area contributed by atoms with Gasteiger partial charge in [0.2, 0.25) is 0 Å². The Morgan fingerprint density at radius 3 is 2.79 bits per heavy atom. The molecule has 2 aliphatic carbocycles. The molecule has 2 saturated carbocycles. The third-order valence-electron chi connectivity index (χ3n) is 4.88. The Morgan fingerprint density at radius 2 is 2.11 bits per heavy atom. The van der Waals surface area contributed by atoms with Crippen LogP contribution < -0.4 is 5.32 Å². The number of hydrogen-bond acceptors (Lipinski definition) is 1. The van der Waals surface area contributed by atoms with Gasteiger partial charge in [0, 0.05) is 6.04 Å². The summed E-state index contributed by atoms with van der Waals surface area (Å²) in [6, 6.07) is 5.74. The van der Waals surface area contributed by atoms with Gasteiger partial charge < -0.3 is 5.32 Å². The summed E-state index contributed by atoms with van der Waals surface area (Å²) in [5.74, 6) is 2.31. The first-order chi connectivity index (χ1) is 9.22. The zero-order valence-electron chi connectivity index (χ0n) is 11.3. The molecule has 0 spiro atoms. The molecule has 1 aromatic carbocycles. The molecule has 0 radical (unpaired) electrons. The number of hydrogen-bond donors (Lipinski definition) is 1. The minimum absolute atomic E-state index is 0.238. The van der Waals surface area contributed by atoms with Crippen molar-refractivity contribution in [2.75, 3.05) is 6.54 Å². The average Bonchev–Trinajstić information content (AvgIpc) is 2.87. The maximum absolute atomic E-state index is 14.0. The van der Waals surface area contributed by atoms with Crippen LogP contribution in [0.1, 0.15) is 31.7 Å². The molecule has 2 fully saturated rings. The van der Waals surface area contributed by atoms with Crippen molar-refractivity contribution < 1.29 is 4.39 Å². The van der Waals surface area contributed by atoms with E-state index >= 15 is 0 Å². The van der Waals surface area contributed by atoms with E-state index in [4.69, 9.17) is 11.6 Å². The van der Waals surface area contributed by atoms with Gasteiger partial charge in [0.05, 0.1) is 5.02 Å². The highest BCUT2D eigenvalue weighted by atomic mass is 35.5. The lowest BCUT2D eigenvalue weighted by Crippen LogP contribution is -2.34. The molecule has 0 amide bonds. The molecule has 0 saturated heterocycles. The van der Waals surface area contributed by atoms with E-state index in [1.807, 2.05) is 12.1 Å². The Kier molecular flexibility index (Phi) is 3.81. The molecule has 104 valence electrons. The van der Waals surface area contributed by atoms with Crippen LogP contribution in [0.4, 0.5) is 4.39 Å². The number of nitrogens with one attached hydrogen (secondary N) is 1. The normalized spacial score (nSPS) is 30.2. The summed E-state index contributed by atoms with van der Waals surface area (Å²) in [6.07, 6.45) is 4.89. The van der Waals surface area contributed by atoms with E-state index in [9.17, 15) is 4.39 Å². The minimum Gasteiger partial charge on any atom is -0.314 e. The summed E-state index contributed by atoms with van der Waals surface area (Å²) in [5.41, 5.74) is 0.753. The van der Waals surface area contributed by atoms with Crippen molar-refractivity contribution >= 4 is 11.6 Å². The van der Waals surface area contributed by atoms with Gasteiger partial charge in [0.15, 0.2) is 0 Å². The van der Waals surface area contributed by atoms with Crippen molar-refractivity contribution in [1.82, 2.24) is 5.32 Å². The third kappa shape index (κ3) is 2.53. The van der Waals surface area contributed by atoms with Crippen molar-refractivity contribution in [1.29, 1.82) is 0 Å². The second kappa shape index (κ2) is 5.41. The van der Waals surface area contributed by atoms with Crippen molar-refractivity contribution in [2.45, 2.75) is 38.6 Å². The standard InChI is InChI=1S/C16H21ClFN/c1-2-19-14(15-11-6-4-7-12(11)15)9-10-5-3-8-13(17)16(10)18/h3,5,8,11-12,14-15,19H,2,4,6-7,9H2,1H3. The number of rotatable bonds is 5. The summed E-state index contributed by atoms with van der Waals surface area (Å²) in [5, 5.41) is 3.80. The van der Waals surface area contributed by atoms with E-state index in [0.717, 1.165) is 36.3 Å². The van der Waals surface area contributed by atoms with Crippen LogP contribution in [0.15, 0.2) is 18.2 Å². The number of benzene rings is 1. The first-order valence-corrected chi connectivity index (χ1v) is 7.76. The van der Waals surface area contributed by atoms with E-state index in [1.54, 1.807) is 6.07 Å². The highest BCUT2D eigenvalue weighted by Crippen LogP contribution is 2.59. The zero-order valence-corrected chi connectivity index (χ0v) is 12.1. The molecule has 1 N–H and O–H groups in total. The van der Waals surface area contributed by atoms with Gasteiger partial charge in [0.1, 0.15) is 5.82 Å². The molecule has 19 heavy (non-hydrogen) atoms. The lowest BCUT2D eigenvalue weighted by molar-refractivity contribution is 0.406. The molecule has 3 rings (SSSR count). The van der Waals surface area contributed by atoms with E-state index < -0.39 is 0 Å². The van der Waals surface area contributed by atoms with Crippen LogP contribution in [0.25, 0.3) is 0 Å². The van der Waals surface area contributed by atoms with Crippen LogP contribution in [0, 0.1) is 23.6 Å². The van der Waals surface area contributed by atoms with Crippen LogP contribution in [0.3, 0.4) is 0 Å². The van der Waals surface area contributed by atoms with Gasteiger partial charge in [-0.2, -0.15) is 0 Å². The predicted octanol–water partition coefficient (Wildman–Crippen LogP) is 4.05. The van der Waals surface area contributed by atoms with Gasteiger partial charge >= 0.3 is 0 Å². The van der Waals surface area contributed by atoms with Crippen molar-refractivity contribution in [3.8, 4) is 0 Å². The summed E-state index contributed by atoms with van der Waals surface area (Å²) in [4.78, 5) is 0. The van der Waals surface area contributed by atoms with Crippen molar-refractivity contribution in [3.05, 3.63) is 34.6 Å². The van der Waals surface area contributed by atoms with Gasteiger partial charge in [0.25, 0.3) is 0 Å². The Labute approximate surface area is 119 Å². The number of halogens is 2. The molecule has 1 nitrogen and oxygen atoms in total. The van der Waals surface area contributed by atoms with Gasteiger partial charge in [-0.15, -0.1) is 0 Å². The Balaban J connectivity index is 1.73. The Morgan fingerprint density at radius 1 is 1.37 bits per heavy atom. The van der Waals surface area contributed by atoms with Crippen molar-refractivity contribution in [3.63, 3.8) is 0 Å². The fourth-order valence-corrected chi connectivity index (χ4v) is 4.22. The predicted molar refractivity (Wildman–Crippen MR) is 76.9 cm³/mol. The molecular formula is C16H21ClFN. The summed E-state index contributed by atoms with van der Waals surface area (Å²) in [7, 11) is 0. The first kappa shape index (κ1) is 13.4. The summed E-state index contributed by atoms with van der Waals surface area (Å²) in [6.45, 7) is 3.07. The molecule has 2 aliphatic rings. The third-order valence-corrected chi connectivity index (χ3v) is 5.17. The van der Waals surface area contributed by atoms with Gasteiger partial charge in [-0.05, 0) is 55.2 Å². The maximum Gasteiger partial charge on any atom is 0.145 e. The number of likely N-dealkylation sites (N-methyl/N-ethyl adjacent to an activating group) is 1. The highest BCUT2D eigenvalue weighted by Gasteiger charge is 2.55. The topological polar surface area (TPSA) is 12.0 Å². The van der Waals surface area contributed by atoms with Gasteiger partial charge in [-0.1, -0.05) is 37.1 Å². The molecular weight excluding hydrogens is 261 g/mol. The van der Waals surface area contributed by atoms with Gasteiger partial charge in [-0.25, -0.2) is 4.39 Å². The van der Waals surface area contributed by atoms with E-state index in [-0.39, 0.29) is 10.8 Å². The second-order valence-electron chi connectivity index (χ2n) is 5.92. The largest absolute Gasteiger partial charge is 0.314 e. The molecule has 0 aromatic heterocycles. The van der Waals surface area contributed by atoms with Crippen LogP contribution in [0.5, 0.6) is 0 Å². The highest BCUT2D eigenvalue weighted by molar-refractivity contribution is 6.30. The summed E-state index contributed by atoms with van der Waals surface area (Å²) < 4.78 is 14.0. The van der Waals surface area contributed by atoms with E-state index in [2.05, 4.69) is 12.2 Å². The van der Waals surface area contributed by atoms with E-state index in [1.165, 1.54) is 19.3 Å². The fourth-order valence-electron chi connectivity index (χ4n) is 4.02. The molecule has 3 unspecified atom stereocenters. The van der Waals surface area contributed by atoms with E-state index in [0.29, 0.717) is 6.04 Å². The first-order valence-electron chi connectivity index (χ1n) is 7.38. The smallest absolute Gasteiger partial charge is 0.145 e. The Bertz CT molecular complexity index is 452. The molecule has 0 heterocycles. The Hall–Kier alpha value is -0.600. The molecule has 3 heteroatoms. The minimum atomic E-state index is -0.238. The fraction of sp³-hybridized carbons (Fsp3) is 0.625.